The molecule has 1 rings (SSSR count). The first-order valence-corrected chi connectivity index (χ1v) is 7.55. The summed E-state index contributed by atoms with van der Waals surface area (Å²) in [6.07, 6.45) is 6.55. The van der Waals surface area contributed by atoms with Crippen LogP contribution in [0.3, 0.4) is 0 Å². The van der Waals surface area contributed by atoms with Crippen molar-refractivity contribution >= 4 is 5.91 Å². The Bertz CT molecular complexity index is 514. The molecular formula is C17H25N3O. The molecule has 0 atom stereocenters. The Hall–Kier alpha value is -1.86. The first kappa shape index (κ1) is 17.2. The number of carbonyl (C=O) groups excluding carboxylic acids is 1. The van der Waals surface area contributed by atoms with Gasteiger partial charge in [0, 0.05) is 25.0 Å². The smallest absolute Gasteiger partial charge is 0.255 e. The SMILES string of the molecule is CCCCCN(C(=O)c1ccncc1C#CCN)C(C)C. The molecule has 4 heteroatoms. The summed E-state index contributed by atoms with van der Waals surface area (Å²) in [6.45, 7) is 7.28. The summed E-state index contributed by atoms with van der Waals surface area (Å²) in [4.78, 5) is 18.7. The van der Waals surface area contributed by atoms with E-state index in [2.05, 4.69) is 23.7 Å². The van der Waals surface area contributed by atoms with E-state index >= 15 is 0 Å². The molecule has 21 heavy (non-hydrogen) atoms. The predicted molar refractivity (Wildman–Crippen MR) is 85.9 cm³/mol. The van der Waals surface area contributed by atoms with Crippen LogP contribution in [0.2, 0.25) is 0 Å². The molecule has 0 saturated carbocycles. The lowest BCUT2D eigenvalue weighted by Crippen LogP contribution is -2.38. The lowest BCUT2D eigenvalue weighted by molar-refractivity contribution is 0.0702. The zero-order chi connectivity index (χ0) is 15.7. The summed E-state index contributed by atoms with van der Waals surface area (Å²) in [5, 5.41) is 0. The van der Waals surface area contributed by atoms with Gasteiger partial charge >= 0.3 is 0 Å². The first-order chi connectivity index (χ1) is 10.1. The number of nitrogens with zero attached hydrogens (tertiary/aromatic N) is 2. The van der Waals surface area contributed by atoms with Crippen molar-refractivity contribution in [2.45, 2.75) is 46.1 Å². The standard InChI is InChI=1S/C17H25N3O/c1-4-5-6-12-20(14(2)3)17(21)16-9-11-19-13-15(16)8-7-10-18/h9,11,13-14H,4-6,10,12,18H2,1-3H3. The van der Waals surface area contributed by atoms with E-state index in [9.17, 15) is 4.79 Å². The molecule has 0 aliphatic carbocycles. The second-order valence-electron chi connectivity index (χ2n) is 5.23. The summed E-state index contributed by atoms with van der Waals surface area (Å²) in [7, 11) is 0. The van der Waals surface area contributed by atoms with E-state index in [4.69, 9.17) is 5.73 Å². The van der Waals surface area contributed by atoms with Crippen molar-refractivity contribution in [1.82, 2.24) is 9.88 Å². The molecule has 0 aromatic carbocycles. The third-order valence-electron chi connectivity index (χ3n) is 3.26. The van der Waals surface area contributed by atoms with E-state index in [1.54, 1.807) is 18.5 Å². The fourth-order valence-electron chi connectivity index (χ4n) is 2.11. The van der Waals surface area contributed by atoms with E-state index in [0.717, 1.165) is 25.8 Å². The van der Waals surface area contributed by atoms with Crippen LogP contribution >= 0.6 is 0 Å². The van der Waals surface area contributed by atoms with E-state index in [1.165, 1.54) is 0 Å². The Labute approximate surface area is 127 Å². The zero-order valence-electron chi connectivity index (χ0n) is 13.2. The van der Waals surface area contributed by atoms with Crippen molar-refractivity contribution in [1.29, 1.82) is 0 Å². The van der Waals surface area contributed by atoms with Crippen LogP contribution in [-0.2, 0) is 0 Å². The van der Waals surface area contributed by atoms with Gasteiger partial charge in [0.15, 0.2) is 0 Å². The minimum absolute atomic E-state index is 0.0184. The number of unbranched alkanes of at least 4 members (excludes halogenated alkanes) is 2. The monoisotopic (exact) mass is 287 g/mol. The molecule has 0 aliphatic heterocycles. The molecule has 0 fully saturated rings. The van der Waals surface area contributed by atoms with Crippen molar-refractivity contribution < 1.29 is 4.79 Å². The highest BCUT2D eigenvalue weighted by atomic mass is 16.2. The molecule has 0 aliphatic rings. The number of pyridine rings is 1. The minimum Gasteiger partial charge on any atom is -0.336 e. The molecule has 1 aromatic rings. The predicted octanol–water partition coefficient (Wildman–Crippen LogP) is 2.43. The van der Waals surface area contributed by atoms with Gasteiger partial charge in [0.25, 0.3) is 5.91 Å². The molecule has 2 N–H and O–H groups in total. The van der Waals surface area contributed by atoms with Crippen LogP contribution in [0.15, 0.2) is 18.5 Å². The molecule has 1 amide bonds. The fourth-order valence-corrected chi connectivity index (χ4v) is 2.11. The average Bonchev–Trinajstić information content (AvgIpc) is 2.49. The van der Waals surface area contributed by atoms with Gasteiger partial charge in [-0.3, -0.25) is 9.78 Å². The van der Waals surface area contributed by atoms with Gasteiger partial charge in [-0.2, -0.15) is 0 Å². The Balaban J connectivity index is 2.98. The van der Waals surface area contributed by atoms with Gasteiger partial charge in [0.05, 0.1) is 17.7 Å². The van der Waals surface area contributed by atoms with Gasteiger partial charge < -0.3 is 10.6 Å². The van der Waals surface area contributed by atoms with Gasteiger partial charge in [-0.05, 0) is 26.3 Å². The minimum atomic E-state index is 0.0184. The van der Waals surface area contributed by atoms with Crippen LogP contribution in [0.4, 0.5) is 0 Å². The topological polar surface area (TPSA) is 59.2 Å². The van der Waals surface area contributed by atoms with Gasteiger partial charge in [0.1, 0.15) is 0 Å². The number of nitrogens with two attached hydrogens (primary N) is 1. The molecule has 1 heterocycles. The fraction of sp³-hybridized carbons (Fsp3) is 0.529. The normalized spacial score (nSPS) is 10.1. The van der Waals surface area contributed by atoms with Gasteiger partial charge in [-0.25, -0.2) is 0 Å². The number of carbonyl (C=O) groups is 1. The van der Waals surface area contributed by atoms with Crippen LogP contribution in [0.1, 0.15) is 56.0 Å². The lowest BCUT2D eigenvalue weighted by Gasteiger charge is -2.27. The van der Waals surface area contributed by atoms with Crippen molar-refractivity contribution in [3.05, 3.63) is 29.6 Å². The summed E-state index contributed by atoms with van der Waals surface area (Å²) in [6, 6.07) is 1.90. The molecule has 1 aromatic heterocycles. The summed E-state index contributed by atoms with van der Waals surface area (Å²) >= 11 is 0. The molecule has 4 nitrogen and oxygen atoms in total. The van der Waals surface area contributed by atoms with Gasteiger partial charge in [0.2, 0.25) is 0 Å². The second kappa shape index (κ2) is 9.15. The van der Waals surface area contributed by atoms with Gasteiger partial charge in [-0.1, -0.05) is 31.6 Å². The van der Waals surface area contributed by atoms with Crippen molar-refractivity contribution in [2.75, 3.05) is 13.1 Å². The van der Waals surface area contributed by atoms with Crippen LogP contribution in [0, 0.1) is 11.8 Å². The van der Waals surface area contributed by atoms with Crippen molar-refractivity contribution in [3.63, 3.8) is 0 Å². The Morgan fingerprint density at radius 1 is 1.43 bits per heavy atom. The number of aromatic nitrogens is 1. The van der Waals surface area contributed by atoms with Crippen molar-refractivity contribution in [3.8, 4) is 11.8 Å². The molecule has 0 saturated heterocycles. The molecular weight excluding hydrogens is 262 g/mol. The molecule has 0 unspecified atom stereocenters. The largest absolute Gasteiger partial charge is 0.336 e. The van der Waals surface area contributed by atoms with Gasteiger partial charge in [-0.15, -0.1) is 0 Å². The highest BCUT2D eigenvalue weighted by Crippen LogP contribution is 2.13. The zero-order valence-corrected chi connectivity index (χ0v) is 13.2. The van der Waals surface area contributed by atoms with Crippen LogP contribution < -0.4 is 5.73 Å². The third-order valence-corrected chi connectivity index (χ3v) is 3.26. The number of hydrogen-bond acceptors (Lipinski definition) is 3. The maximum Gasteiger partial charge on any atom is 0.255 e. The first-order valence-electron chi connectivity index (χ1n) is 7.55. The van der Waals surface area contributed by atoms with Crippen LogP contribution in [0.5, 0.6) is 0 Å². The maximum atomic E-state index is 12.8. The third kappa shape index (κ3) is 5.20. The van der Waals surface area contributed by atoms with Crippen molar-refractivity contribution in [2.24, 2.45) is 5.73 Å². The highest BCUT2D eigenvalue weighted by molar-refractivity contribution is 5.96. The molecule has 114 valence electrons. The Morgan fingerprint density at radius 2 is 2.19 bits per heavy atom. The van der Waals surface area contributed by atoms with E-state index < -0.39 is 0 Å². The van der Waals surface area contributed by atoms with Crippen LogP contribution in [0.25, 0.3) is 0 Å². The Kier molecular flexibility index (Phi) is 7.49. The van der Waals surface area contributed by atoms with E-state index in [1.807, 2.05) is 18.7 Å². The highest BCUT2D eigenvalue weighted by Gasteiger charge is 2.20. The number of amides is 1. The molecule has 0 spiro atoms. The average molecular weight is 287 g/mol. The second-order valence-corrected chi connectivity index (χ2v) is 5.23. The summed E-state index contributed by atoms with van der Waals surface area (Å²) in [5.41, 5.74) is 6.66. The van der Waals surface area contributed by atoms with E-state index in [0.29, 0.717) is 11.1 Å². The van der Waals surface area contributed by atoms with Crippen LogP contribution in [-0.4, -0.2) is 34.9 Å². The Morgan fingerprint density at radius 3 is 2.81 bits per heavy atom. The maximum absolute atomic E-state index is 12.8. The quantitative estimate of drug-likeness (QED) is 0.646. The number of hydrogen-bond donors (Lipinski definition) is 1. The molecule has 0 radical (unpaired) electrons. The molecule has 0 bridgehead atoms. The van der Waals surface area contributed by atoms with E-state index in [-0.39, 0.29) is 18.5 Å². The summed E-state index contributed by atoms with van der Waals surface area (Å²) < 4.78 is 0. The summed E-state index contributed by atoms with van der Waals surface area (Å²) in [5.74, 6) is 5.74. The lowest BCUT2D eigenvalue weighted by atomic mass is 10.1. The number of rotatable bonds is 6.